The van der Waals surface area contributed by atoms with E-state index in [1.54, 1.807) is 0 Å². The van der Waals surface area contributed by atoms with Gasteiger partial charge in [-0.1, -0.05) is 24.6 Å². The molecule has 1 aromatic rings. The van der Waals surface area contributed by atoms with Gasteiger partial charge in [0.2, 0.25) is 0 Å². The lowest BCUT2D eigenvalue weighted by Crippen LogP contribution is -2.29. The Hall–Kier alpha value is -0.860. The minimum atomic E-state index is 0.652. The zero-order valence-electron chi connectivity index (χ0n) is 10.2. The van der Waals surface area contributed by atoms with Gasteiger partial charge >= 0.3 is 0 Å². The third-order valence-electron chi connectivity index (χ3n) is 3.49. The summed E-state index contributed by atoms with van der Waals surface area (Å²) in [6.07, 6.45) is 4.11. The van der Waals surface area contributed by atoms with Crippen molar-refractivity contribution in [3.05, 3.63) is 34.9 Å². The Kier molecular flexibility index (Phi) is 3.97. The first-order valence-electron chi connectivity index (χ1n) is 6.30. The predicted octanol–water partition coefficient (Wildman–Crippen LogP) is 2.44. The number of nitrogens with zero attached hydrogens (tertiary/aromatic N) is 1. The molecule has 0 aromatic heterocycles. The van der Waals surface area contributed by atoms with Crippen LogP contribution in [0.25, 0.3) is 0 Å². The van der Waals surface area contributed by atoms with E-state index < -0.39 is 0 Å². The molecule has 1 saturated heterocycles. The van der Waals surface area contributed by atoms with Crippen molar-refractivity contribution in [1.29, 1.82) is 0 Å². The molecule has 1 heterocycles. The van der Waals surface area contributed by atoms with Gasteiger partial charge in [0.15, 0.2) is 0 Å². The Balaban J connectivity index is 2.03. The van der Waals surface area contributed by atoms with Gasteiger partial charge in [-0.3, -0.25) is 4.90 Å². The van der Waals surface area contributed by atoms with Gasteiger partial charge in [-0.25, -0.2) is 0 Å². The summed E-state index contributed by atoms with van der Waals surface area (Å²) in [6, 6.07) is 6.70. The van der Waals surface area contributed by atoms with Crippen LogP contribution in [-0.2, 0) is 13.1 Å². The number of likely N-dealkylation sites (tertiary alicyclic amines) is 1. The molecule has 0 saturated carbocycles. The molecule has 0 atom stereocenters. The van der Waals surface area contributed by atoms with E-state index >= 15 is 0 Å². The largest absolute Gasteiger partial charge is 0.326 e. The topological polar surface area (TPSA) is 29.3 Å². The first kappa shape index (κ1) is 11.6. The van der Waals surface area contributed by atoms with E-state index in [0.29, 0.717) is 6.54 Å². The first-order chi connectivity index (χ1) is 7.79. The molecule has 1 aliphatic rings. The third-order valence-corrected chi connectivity index (χ3v) is 3.49. The summed E-state index contributed by atoms with van der Waals surface area (Å²) in [6.45, 7) is 6.39. The van der Waals surface area contributed by atoms with Crippen molar-refractivity contribution in [1.82, 2.24) is 4.90 Å². The molecule has 88 valence electrons. The van der Waals surface area contributed by atoms with Crippen LogP contribution < -0.4 is 5.73 Å². The molecule has 0 aliphatic carbocycles. The van der Waals surface area contributed by atoms with E-state index in [1.165, 1.54) is 49.0 Å². The average Bonchev–Trinajstić information content (AvgIpc) is 2.33. The minimum absolute atomic E-state index is 0.652. The lowest BCUT2D eigenvalue weighted by molar-refractivity contribution is 0.221. The third kappa shape index (κ3) is 2.83. The highest BCUT2D eigenvalue weighted by Crippen LogP contribution is 2.15. The lowest BCUT2D eigenvalue weighted by Gasteiger charge is -2.26. The second-order valence-electron chi connectivity index (χ2n) is 4.80. The number of aryl methyl sites for hydroxylation is 1. The van der Waals surface area contributed by atoms with Gasteiger partial charge < -0.3 is 5.73 Å². The van der Waals surface area contributed by atoms with Crippen LogP contribution in [0.15, 0.2) is 18.2 Å². The van der Waals surface area contributed by atoms with Gasteiger partial charge in [0.1, 0.15) is 0 Å². The molecule has 2 heteroatoms. The number of benzene rings is 1. The van der Waals surface area contributed by atoms with Crippen molar-refractivity contribution < 1.29 is 0 Å². The molecule has 2 rings (SSSR count). The fraction of sp³-hybridized carbons (Fsp3) is 0.571. The van der Waals surface area contributed by atoms with Gasteiger partial charge in [0, 0.05) is 13.1 Å². The fourth-order valence-electron chi connectivity index (χ4n) is 2.42. The smallest absolute Gasteiger partial charge is 0.0233 e. The summed E-state index contributed by atoms with van der Waals surface area (Å²) in [4.78, 5) is 2.55. The Labute approximate surface area is 98.4 Å². The van der Waals surface area contributed by atoms with Gasteiger partial charge in [0.05, 0.1) is 0 Å². The van der Waals surface area contributed by atoms with Crippen LogP contribution in [0.2, 0.25) is 0 Å². The number of piperidine rings is 1. The van der Waals surface area contributed by atoms with Gasteiger partial charge in [-0.2, -0.15) is 0 Å². The van der Waals surface area contributed by atoms with E-state index in [9.17, 15) is 0 Å². The second-order valence-corrected chi connectivity index (χ2v) is 4.80. The van der Waals surface area contributed by atoms with Crippen molar-refractivity contribution in [3.63, 3.8) is 0 Å². The highest BCUT2D eigenvalue weighted by Gasteiger charge is 2.10. The van der Waals surface area contributed by atoms with E-state index in [1.807, 2.05) is 0 Å². The summed E-state index contributed by atoms with van der Waals surface area (Å²) in [7, 11) is 0. The molecule has 2 nitrogen and oxygen atoms in total. The van der Waals surface area contributed by atoms with Crippen molar-refractivity contribution >= 4 is 0 Å². The maximum absolute atomic E-state index is 5.74. The quantitative estimate of drug-likeness (QED) is 0.844. The van der Waals surface area contributed by atoms with E-state index in [4.69, 9.17) is 5.73 Å². The Bertz CT molecular complexity index is 341. The molecule has 1 aromatic carbocycles. The maximum Gasteiger partial charge on any atom is 0.0233 e. The average molecular weight is 218 g/mol. The second kappa shape index (κ2) is 5.46. The van der Waals surface area contributed by atoms with E-state index in [2.05, 4.69) is 30.0 Å². The van der Waals surface area contributed by atoms with Crippen molar-refractivity contribution in [3.8, 4) is 0 Å². The monoisotopic (exact) mass is 218 g/mol. The van der Waals surface area contributed by atoms with Crippen LogP contribution in [-0.4, -0.2) is 18.0 Å². The summed E-state index contributed by atoms with van der Waals surface area (Å²) >= 11 is 0. The molecule has 0 amide bonds. The number of nitrogens with two attached hydrogens (primary N) is 1. The highest BCUT2D eigenvalue weighted by atomic mass is 15.1. The molecule has 0 radical (unpaired) electrons. The summed E-state index contributed by atoms with van der Waals surface area (Å²) in [5.74, 6) is 0. The fourth-order valence-corrected chi connectivity index (χ4v) is 2.42. The van der Waals surface area contributed by atoms with Crippen molar-refractivity contribution in [2.75, 3.05) is 13.1 Å². The number of hydrogen-bond donors (Lipinski definition) is 1. The Morgan fingerprint density at radius 2 is 1.94 bits per heavy atom. The zero-order valence-corrected chi connectivity index (χ0v) is 10.2. The number of hydrogen-bond acceptors (Lipinski definition) is 2. The summed E-state index contributed by atoms with van der Waals surface area (Å²) in [5, 5.41) is 0. The summed E-state index contributed by atoms with van der Waals surface area (Å²) < 4.78 is 0. The van der Waals surface area contributed by atoms with Crippen molar-refractivity contribution in [2.24, 2.45) is 5.73 Å². The zero-order chi connectivity index (χ0) is 11.4. The van der Waals surface area contributed by atoms with Crippen LogP contribution in [0, 0.1) is 6.92 Å². The molecule has 0 bridgehead atoms. The highest BCUT2D eigenvalue weighted by molar-refractivity contribution is 5.31. The van der Waals surface area contributed by atoms with Crippen LogP contribution in [0.3, 0.4) is 0 Å². The van der Waals surface area contributed by atoms with Crippen LogP contribution in [0.4, 0.5) is 0 Å². The van der Waals surface area contributed by atoms with Crippen LogP contribution in [0.5, 0.6) is 0 Å². The summed E-state index contributed by atoms with van der Waals surface area (Å²) in [5.41, 5.74) is 9.75. The predicted molar refractivity (Wildman–Crippen MR) is 68.2 cm³/mol. The first-order valence-corrected chi connectivity index (χ1v) is 6.30. The number of rotatable bonds is 3. The standard InChI is InChI=1S/C14H22N2/c1-12-5-6-13(9-14(12)10-15)11-16-7-3-2-4-8-16/h5-6,9H,2-4,7-8,10-11,15H2,1H3. The van der Waals surface area contributed by atoms with Gasteiger partial charge in [-0.05, 0) is 49.5 Å². The Morgan fingerprint density at radius 3 is 2.62 bits per heavy atom. The van der Waals surface area contributed by atoms with Gasteiger partial charge in [0.25, 0.3) is 0 Å². The minimum Gasteiger partial charge on any atom is -0.326 e. The molecular weight excluding hydrogens is 196 g/mol. The molecule has 1 aliphatic heterocycles. The maximum atomic E-state index is 5.74. The SMILES string of the molecule is Cc1ccc(CN2CCCCC2)cc1CN. The Morgan fingerprint density at radius 1 is 1.19 bits per heavy atom. The molecule has 1 fully saturated rings. The van der Waals surface area contributed by atoms with Gasteiger partial charge in [-0.15, -0.1) is 0 Å². The van der Waals surface area contributed by atoms with E-state index in [-0.39, 0.29) is 0 Å². The normalized spacial score (nSPS) is 17.6. The lowest BCUT2D eigenvalue weighted by atomic mass is 10.0. The van der Waals surface area contributed by atoms with Crippen LogP contribution in [0.1, 0.15) is 36.0 Å². The molecule has 0 spiro atoms. The van der Waals surface area contributed by atoms with Crippen molar-refractivity contribution in [2.45, 2.75) is 39.3 Å². The van der Waals surface area contributed by atoms with E-state index in [0.717, 1.165) is 6.54 Å². The molecule has 2 N–H and O–H groups in total. The molecular formula is C14H22N2. The van der Waals surface area contributed by atoms with Crippen LogP contribution >= 0.6 is 0 Å². The molecule has 0 unspecified atom stereocenters. The molecule has 16 heavy (non-hydrogen) atoms.